The van der Waals surface area contributed by atoms with Crippen molar-refractivity contribution in [1.29, 1.82) is 0 Å². The van der Waals surface area contributed by atoms with Crippen LogP contribution < -0.4 is 0 Å². The van der Waals surface area contributed by atoms with Crippen LogP contribution in [-0.2, 0) is 14.9 Å². The number of hydrogen-bond donors (Lipinski definition) is 3. The first-order valence-corrected chi connectivity index (χ1v) is 5.39. The predicted molar refractivity (Wildman–Crippen MR) is 50.4 cm³/mol. The van der Waals surface area contributed by atoms with Gasteiger partial charge in [0.05, 0.1) is 10.5 Å². The van der Waals surface area contributed by atoms with Gasteiger partial charge < -0.3 is 5.11 Å². The topological polar surface area (TPSA) is 91.7 Å². The Hall–Kier alpha value is -0.530. The van der Waals surface area contributed by atoms with E-state index in [1.807, 2.05) is 0 Å². The number of allylic oxidation sites excluding steroid dienone is 1. The van der Waals surface area contributed by atoms with Crippen LogP contribution in [0.3, 0.4) is 0 Å². The number of aliphatic carboxylic acids is 1. The Morgan fingerprint density at radius 1 is 1.46 bits per heavy atom. The standard InChI is InChI=1S/C6H10O5S2/c1-4(6(7)8)5(2-3-12)13(9,10)11/h12H,2-3H2,1H3,(H,7,8)(H,9,10,11). The summed E-state index contributed by atoms with van der Waals surface area (Å²) in [6, 6.07) is 0. The zero-order chi connectivity index (χ0) is 10.6. The van der Waals surface area contributed by atoms with Gasteiger partial charge in [0, 0.05) is 0 Å². The third-order valence-corrected chi connectivity index (χ3v) is 2.75. The highest BCUT2D eigenvalue weighted by Gasteiger charge is 2.19. The average Bonchev–Trinajstić information content (AvgIpc) is 1.96. The molecule has 13 heavy (non-hydrogen) atoms. The molecule has 0 aliphatic heterocycles. The molecule has 0 radical (unpaired) electrons. The van der Waals surface area contributed by atoms with Gasteiger partial charge in [0.25, 0.3) is 10.1 Å². The van der Waals surface area contributed by atoms with Crippen molar-refractivity contribution in [2.45, 2.75) is 13.3 Å². The van der Waals surface area contributed by atoms with Gasteiger partial charge in [-0.1, -0.05) is 0 Å². The number of carboxylic acid groups (broad SMARTS) is 1. The van der Waals surface area contributed by atoms with Gasteiger partial charge in [0.2, 0.25) is 0 Å². The van der Waals surface area contributed by atoms with Crippen molar-refractivity contribution in [3.63, 3.8) is 0 Å². The maximum absolute atomic E-state index is 10.7. The molecule has 0 amide bonds. The van der Waals surface area contributed by atoms with E-state index >= 15 is 0 Å². The predicted octanol–water partition coefficient (Wildman–Crippen LogP) is 0.553. The summed E-state index contributed by atoms with van der Waals surface area (Å²) in [7, 11) is -4.42. The van der Waals surface area contributed by atoms with E-state index in [1.165, 1.54) is 0 Å². The van der Waals surface area contributed by atoms with Crippen LogP contribution in [0.15, 0.2) is 10.5 Å². The fourth-order valence-electron chi connectivity index (χ4n) is 0.731. The highest BCUT2D eigenvalue weighted by molar-refractivity contribution is 7.90. The summed E-state index contributed by atoms with van der Waals surface area (Å²) in [5.74, 6) is -1.21. The molecule has 0 atom stereocenters. The Morgan fingerprint density at radius 2 is 1.92 bits per heavy atom. The second kappa shape index (κ2) is 4.64. The fraction of sp³-hybridized carbons (Fsp3) is 0.500. The molecule has 0 aromatic carbocycles. The molecule has 0 aliphatic carbocycles. The van der Waals surface area contributed by atoms with E-state index in [1.54, 1.807) is 0 Å². The van der Waals surface area contributed by atoms with E-state index in [9.17, 15) is 13.2 Å². The lowest BCUT2D eigenvalue weighted by Gasteiger charge is -2.03. The summed E-state index contributed by atoms with van der Waals surface area (Å²) in [5.41, 5.74) is -0.378. The van der Waals surface area contributed by atoms with Gasteiger partial charge in [0.1, 0.15) is 0 Å². The van der Waals surface area contributed by atoms with Crippen LogP contribution in [0.25, 0.3) is 0 Å². The molecule has 0 saturated carbocycles. The Kier molecular flexibility index (Phi) is 4.45. The van der Waals surface area contributed by atoms with E-state index in [0.29, 0.717) is 0 Å². The van der Waals surface area contributed by atoms with Gasteiger partial charge in [-0.2, -0.15) is 21.0 Å². The summed E-state index contributed by atoms with van der Waals surface area (Å²) >= 11 is 3.75. The Balaban J connectivity index is 5.26. The Bertz CT molecular complexity index is 327. The maximum Gasteiger partial charge on any atom is 0.332 e. The number of hydrogen-bond acceptors (Lipinski definition) is 4. The summed E-state index contributed by atoms with van der Waals surface area (Å²) in [6.07, 6.45) is -0.0971. The van der Waals surface area contributed by atoms with Crippen LogP contribution >= 0.6 is 12.6 Å². The molecule has 0 spiro atoms. The molecule has 0 heterocycles. The summed E-state index contributed by atoms with van der Waals surface area (Å²) in [5, 5.41) is 8.48. The molecule has 76 valence electrons. The minimum atomic E-state index is -4.42. The molecule has 0 aromatic heterocycles. The lowest BCUT2D eigenvalue weighted by Crippen LogP contribution is -2.10. The van der Waals surface area contributed by atoms with Crippen LogP contribution in [0.1, 0.15) is 13.3 Å². The molecule has 0 rings (SSSR count). The lowest BCUT2D eigenvalue weighted by atomic mass is 10.2. The molecule has 0 fully saturated rings. The zero-order valence-electron chi connectivity index (χ0n) is 6.89. The molecule has 2 N–H and O–H groups in total. The van der Waals surface area contributed by atoms with Crippen molar-refractivity contribution in [2.75, 3.05) is 5.75 Å². The van der Waals surface area contributed by atoms with Gasteiger partial charge in [-0.3, -0.25) is 4.55 Å². The lowest BCUT2D eigenvalue weighted by molar-refractivity contribution is -0.132. The van der Waals surface area contributed by atoms with Crippen molar-refractivity contribution >= 4 is 28.7 Å². The average molecular weight is 226 g/mol. The van der Waals surface area contributed by atoms with E-state index in [2.05, 4.69) is 12.6 Å². The van der Waals surface area contributed by atoms with Crippen molar-refractivity contribution in [2.24, 2.45) is 0 Å². The Labute approximate surface area is 81.6 Å². The molecule has 0 saturated heterocycles. The van der Waals surface area contributed by atoms with Gasteiger partial charge in [-0.05, 0) is 19.1 Å². The third-order valence-electron chi connectivity index (χ3n) is 1.39. The van der Waals surface area contributed by atoms with Crippen LogP contribution in [0.5, 0.6) is 0 Å². The van der Waals surface area contributed by atoms with Gasteiger partial charge in [-0.25, -0.2) is 4.79 Å². The molecule has 0 bridgehead atoms. The minimum Gasteiger partial charge on any atom is -0.478 e. The van der Waals surface area contributed by atoms with Crippen molar-refractivity contribution in [1.82, 2.24) is 0 Å². The molecular weight excluding hydrogens is 216 g/mol. The van der Waals surface area contributed by atoms with E-state index in [0.717, 1.165) is 6.92 Å². The van der Waals surface area contributed by atoms with Crippen LogP contribution in [0.4, 0.5) is 0 Å². The van der Waals surface area contributed by atoms with Gasteiger partial charge in [0.15, 0.2) is 0 Å². The van der Waals surface area contributed by atoms with Gasteiger partial charge >= 0.3 is 5.97 Å². The first kappa shape index (κ1) is 12.5. The van der Waals surface area contributed by atoms with Crippen molar-refractivity contribution in [3.8, 4) is 0 Å². The van der Waals surface area contributed by atoms with Crippen LogP contribution in [0.2, 0.25) is 0 Å². The molecule has 0 aliphatic rings. The van der Waals surface area contributed by atoms with Crippen molar-refractivity contribution in [3.05, 3.63) is 10.5 Å². The fourth-order valence-corrected chi connectivity index (χ4v) is 1.94. The molecule has 0 unspecified atom stereocenters. The summed E-state index contributed by atoms with van der Waals surface area (Å²) < 4.78 is 30.0. The zero-order valence-corrected chi connectivity index (χ0v) is 8.60. The quantitative estimate of drug-likeness (QED) is 0.370. The first-order valence-electron chi connectivity index (χ1n) is 3.32. The number of rotatable bonds is 4. The number of carboxylic acids is 1. The maximum atomic E-state index is 10.7. The summed E-state index contributed by atoms with van der Waals surface area (Å²) in [4.78, 5) is 9.91. The monoisotopic (exact) mass is 226 g/mol. The Morgan fingerprint density at radius 3 is 2.15 bits per heavy atom. The molecule has 5 nitrogen and oxygen atoms in total. The van der Waals surface area contributed by atoms with Gasteiger partial charge in [-0.15, -0.1) is 0 Å². The minimum absolute atomic E-state index is 0.0971. The van der Waals surface area contributed by atoms with E-state index in [-0.39, 0.29) is 17.7 Å². The van der Waals surface area contributed by atoms with E-state index in [4.69, 9.17) is 9.66 Å². The van der Waals surface area contributed by atoms with E-state index < -0.39 is 21.0 Å². The molecule has 7 heteroatoms. The second-order valence-electron chi connectivity index (χ2n) is 2.30. The highest BCUT2D eigenvalue weighted by Crippen LogP contribution is 2.15. The van der Waals surface area contributed by atoms with Crippen LogP contribution in [0, 0.1) is 0 Å². The molecule has 0 aromatic rings. The third kappa shape index (κ3) is 3.79. The number of carbonyl (C=O) groups is 1. The highest BCUT2D eigenvalue weighted by atomic mass is 32.2. The summed E-state index contributed by atoms with van der Waals surface area (Å²) in [6.45, 7) is 1.12. The largest absolute Gasteiger partial charge is 0.478 e. The smallest absolute Gasteiger partial charge is 0.332 e. The van der Waals surface area contributed by atoms with Crippen LogP contribution in [-0.4, -0.2) is 29.8 Å². The molecular formula is C6H10O5S2. The SMILES string of the molecule is CC(C(=O)O)=C(CCS)S(=O)(=O)O. The number of thiol groups is 1. The second-order valence-corrected chi connectivity index (χ2v) is 4.19. The normalized spacial score (nSPS) is 13.8. The van der Waals surface area contributed by atoms with Crippen molar-refractivity contribution < 1.29 is 22.9 Å². The first-order chi connectivity index (χ1) is 5.80.